The number of hydrogen-bond donors (Lipinski definition) is 1. The highest BCUT2D eigenvalue weighted by molar-refractivity contribution is 7.11. The van der Waals surface area contributed by atoms with E-state index >= 15 is 0 Å². The number of carbonyl (C=O) groups is 1. The topological polar surface area (TPSA) is 38.3 Å². The van der Waals surface area contributed by atoms with Gasteiger partial charge in [0.15, 0.2) is 0 Å². The van der Waals surface area contributed by atoms with Crippen molar-refractivity contribution in [2.75, 3.05) is 11.9 Å². The number of benzene rings is 2. The fourth-order valence-electron chi connectivity index (χ4n) is 2.68. The molecule has 1 aromatic heterocycles. The Morgan fingerprint density at radius 1 is 1.07 bits per heavy atom. The molecular weight excluding hydrogens is 375 g/mol. The molecule has 0 unspecified atom stereocenters. The van der Waals surface area contributed by atoms with Crippen LogP contribution in [-0.4, -0.2) is 12.5 Å². The lowest BCUT2D eigenvalue weighted by Crippen LogP contribution is -2.14. The number of nitrogens with one attached hydrogen (secondary N) is 1. The average Bonchev–Trinajstić information content (AvgIpc) is 3.07. The Morgan fingerprint density at radius 3 is 2.41 bits per heavy atom. The van der Waals surface area contributed by atoms with Crippen LogP contribution in [0.2, 0.25) is 0 Å². The van der Waals surface area contributed by atoms with Crippen LogP contribution in [-0.2, 0) is 6.18 Å². The summed E-state index contributed by atoms with van der Waals surface area (Å²) < 4.78 is 45.8. The second-order valence-electron chi connectivity index (χ2n) is 5.60. The van der Waals surface area contributed by atoms with Crippen LogP contribution < -0.4 is 10.1 Å². The number of halogens is 3. The molecule has 1 N–H and O–H groups in total. The fraction of sp³-hybridized carbons (Fsp3) is 0.150. The smallest absolute Gasteiger partial charge is 0.426 e. The minimum Gasteiger partial charge on any atom is -0.493 e. The molecule has 1 heterocycles. The highest BCUT2D eigenvalue weighted by Gasteiger charge is 2.37. The maximum Gasteiger partial charge on any atom is 0.426 e. The molecule has 3 nitrogen and oxygen atoms in total. The lowest BCUT2D eigenvalue weighted by molar-refractivity contribution is -0.133. The summed E-state index contributed by atoms with van der Waals surface area (Å²) in [5, 5.41) is 3.92. The molecule has 0 aliphatic rings. The van der Waals surface area contributed by atoms with Crippen LogP contribution in [0.4, 0.5) is 18.9 Å². The zero-order chi connectivity index (χ0) is 19.4. The molecule has 0 atom stereocenters. The van der Waals surface area contributed by atoms with E-state index in [0.717, 1.165) is 0 Å². The van der Waals surface area contributed by atoms with E-state index < -0.39 is 17.0 Å². The van der Waals surface area contributed by atoms with Gasteiger partial charge in [-0.3, -0.25) is 4.79 Å². The second kappa shape index (κ2) is 7.84. The summed E-state index contributed by atoms with van der Waals surface area (Å²) in [6.07, 6.45) is -4.51. The van der Waals surface area contributed by atoms with Crippen LogP contribution in [0.1, 0.15) is 22.2 Å². The average molecular weight is 391 g/mol. The molecule has 0 radical (unpaired) electrons. The third-order valence-electron chi connectivity index (χ3n) is 3.79. The number of hydrogen-bond acceptors (Lipinski definition) is 3. The summed E-state index contributed by atoms with van der Waals surface area (Å²) in [4.78, 5) is 11.9. The molecule has 1 amide bonds. The molecule has 7 heteroatoms. The van der Waals surface area contributed by atoms with E-state index in [2.05, 4.69) is 5.32 Å². The number of alkyl halides is 3. The van der Waals surface area contributed by atoms with Gasteiger partial charge in [-0.05, 0) is 24.6 Å². The quantitative estimate of drug-likeness (QED) is 0.572. The number of anilines is 1. The minimum atomic E-state index is -4.51. The van der Waals surface area contributed by atoms with Gasteiger partial charge < -0.3 is 10.1 Å². The standard InChI is InChI=1S/C20H16F3NO2S/c1-2-26-16-11-7-6-10-14(16)19(25)24-15-12-27-18(20(21,22)23)17(15)13-8-4-3-5-9-13/h3-12H,2H2,1H3,(H,24,25). The molecule has 0 saturated heterocycles. The number of carbonyl (C=O) groups excluding carboxylic acids is 1. The summed E-state index contributed by atoms with van der Waals surface area (Å²) in [5.41, 5.74) is 0.739. The van der Waals surface area contributed by atoms with Gasteiger partial charge in [-0.25, -0.2) is 0 Å². The molecule has 2 aromatic carbocycles. The Bertz CT molecular complexity index is 936. The molecule has 3 aromatic rings. The number of rotatable bonds is 5. The van der Waals surface area contributed by atoms with Crippen LogP contribution >= 0.6 is 11.3 Å². The van der Waals surface area contributed by atoms with Crippen molar-refractivity contribution in [1.29, 1.82) is 0 Å². The molecule has 27 heavy (non-hydrogen) atoms. The van der Waals surface area contributed by atoms with Gasteiger partial charge in [0.2, 0.25) is 0 Å². The molecular formula is C20H16F3NO2S. The zero-order valence-corrected chi connectivity index (χ0v) is 15.2. The molecule has 3 rings (SSSR count). The summed E-state index contributed by atoms with van der Waals surface area (Å²) in [6, 6.07) is 14.8. The van der Waals surface area contributed by atoms with Crippen molar-refractivity contribution in [2.24, 2.45) is 0 Å². The largest absolute Gasteiger partial charge is 0.493 e. The van der Waals surface area contributed by atoms with E-state index in [1.165, 1.54) is 5.38 Å². The first-order valence-corrected chi connectivity index (χ1v) is 9.07. The molecule has 0 saturated carbocycles. The third-order valence-corrected chi connectivity index (χ3v) is 4.82. The third kappa shape index (κ3) is 4.14. The van der Waals surface area contributed by atoms with Crippen molar-refractivity contribution in [3.8, 4) is 16.9 Å². The number of para-hydroxylation sites is 1. The van der Waals surface area contributed by atoms with E-state index in [1.807, 2.05) is 0 Å². The Balaban J connectivity index is 2.01. The van der Waals surface area contributed by atoms with Gasteiger partial charge in [0.1, 0.15) is 10.6 Å². The van der Waals surface area contributed by atoms with Crippen molar-refractivity contribution < 1.29 is 22.7 Å². The first kappa shape index (κ1) is 19.0. The zero-order valence-electron chi connectivity index (χ0n) is 14.3. The molecule has 0 fully saturated rings. The highest BCUT2D eigenvalue weighted by atomic mass is 32.1. The van der Waals surface area contributed by atoms with Gasteiger partial charge in [0.25, 0.3) is 5.91 Å². The highest BCUT2D eigenvalue weighted by Crippen LogP contribution is 2.45. The van der Waals surface area contributed by atoms with Crippen molar-refractivity contribution in [1.82, 2.24) is 0 Å². The first-order chi connectivity index (χ1) is 12.9. The number of thiophene rings is 1. The van der Waals surface area contributed by atoms with E-state index in [4.69, 9.17) is 4.74 Å². The second-order valence-corrected chi connectivity index (χ2v) is 6.48. The Kier molecular flexibility index (Phi) is 5.51. The van der Waals surface area contributed by atoms with Crippen molar-refractivity contribution >= 4 is 22.9 Å². The minimum absolute atomic E-state index is 0.0321. The predicted molar refractivity (Wildman–Crippen MR) is 100 cm³/mol. The first-order valence-electron chi connectivity index (χ1n) is 8.19. The Hall–Kier alpha value is -2.80. The maximum atomic E-state index is 13.4. The van der Waals surface area contributed by atoms with Crippen LogP contribution in [0, 0.1) is 0 Å². The van der Waals surface area contributed by atoms with Crippen molar-refractivity contribution in [2.45, 2.75) is 13.1 Å². The SMILES string of the molecule is CCOc1ccccc1C(=O)Nc1csc(C(F)(F)F)c1-c1ccccc1. The number of amides is 1. The van der Waals surface area contributed by atoms with Crippen molar-refractivity contribution in [3.63, 3.8) is 0 Å². The van der Waals surface area contributed by atoms with E-state index in [0.29, 0.717) is 29.3 Å². The van der Waals surface area contributed by atoms with Gasteiger partial charge in [0.05, 0.1) is 17.9 Å². The molecule has 0 spiro atoms. The predicted octanol–water partition coefficient (Wildman–Crippen LogP) is 6.08. The van der Waals surface area contributed by atoms with Crippen LogP contribution in [0.15, 0.2) is 60.0 Å². The van der Waals surface area contributed by atoms with Crippen LogP contribution in [0.3, 0.4) is 0 Å². The van der Waals surface area contributed by atoms with Crippen molar-refractivity contribution in [3.05, 3.63) is 70.4 Å². The van der Waals surface area contributed by atoms with E-state index in [-0.39, 0.29) is 16.8 Å². The lowest BCUT2D eigenvalue weighted by Gasteiger charge is -2.13. The molecule has 0 bridgehead atoms. The summed E-state index contributed by atoms with van der Waals surface area (Å²) in [5.74, 6) is -0.146. The Morgan fingerprint density at radius 2 is 1.74 bits per heavy atom. The number of ether oxygens (including phenoxy) is 1. The van der Waals surface area contributed by atoms with Crippen LogP contribution in [0.25, 0.3) is 11.1 Å². The fourth-order valence-corrected chi connectivity index (χ4v) is 3.57. The molecule has 0 aliphatic heterocycles. The van der Waals surface area contributed by atoms with Gasteiger partial charge in [-0.15, -0.1) is 11.3 Å². The Labute approximate surface area is 158 Å². The summed E-state index contributed by atoms with van der Waals surface area (Å²) in [7, 11) is 0. The summed E-state index contributed by atoms with van der Waals surface area (Å²) >= 11 is 0.559. The van der Waals surface area contributed by atoms with E-state index in [1.54, 1.807) is 61.5 Å². The van der Waals surface area contributed by atoms with E-state index in [9.17, 15) is 18.0 Å². The van der Waals surface area contributed by atoms with Gasteiger partial charge in [-0.2, -0.15) is 13.2 Å². The molecule has 140 valence electrons. The van der Waals surface area contributed by atoms with Crippen LogP contribution in [0.5, 0.6) is 5.75 Å². The lowest BCUT2D eigenvalue weighted by atomic mass is 10.0. The summed E-state index contributed by atoms with van der Waals surface area (Å²) in [6.45, 7) is 2.16. The van der Waals surface area contributed by atoms with Gasteiger partial charge in [-0.1, -0.05) is 42.5 Å². The normalized spacial score (nSPS) is 11.3. The van der Waals surface area contributed by atoms with Gasteiger partial charge >= 0.3 is 6.18 Å². The molecule has 0 aliphatic carbocycles. The van der Waals surface area contributed by atoms with Gasteiger partial charge in [0, 0.05) is 10.9 Å². The monoisotopic (exact) mass is 391 g/mol. The maximum absolute atomic E-state index is 13.4.